The van der Waals surface area contributed by atoms with Gasteiger partial charge in [-0.3, -0.25) is 0 Å². The van der Waals surface area contributed by atoms with E-state index in [1.54, 1.807) is 5.57 Å². The standard InChI is InChI=1S/C51H39NO/c1-2-4-13-35(12-3-1)36-24-29-41(30-25-36)52(42-32-27-38(28-33-42)43-19-10-21-46-44-17-6-5-14-39(44)34-49(43)46)40-16-9-15-37(26-31-40)45-20-11-22-48-47-18-7-8-23-50(47)53-51(45)48/h1-12,14-18,20-33,39-40,43-44H,19,34H2. The van der Waals surface area contributed by atoms with E-state index in [4.69, 9.17) is 4.42 Å². The van der Waals surface area contributed by atoms with Crippen molar-refractivity contribution in [3.8, 4) is 0 Å². The molecule has 0 N–H and O–H groups in total. The van der Waals surface area contributed by atoms with Crippen LogP contribution in [0.5, 0.6) is 0 Å². The van der Waals surface area contributed by atoms with Gasteiger partial charge in [0.1, 0.15) is 11.2 Å². The van der Waals surface area contributed by atoms with Crippen LogP contribution >= 0.6 is 0 Å². The molecular formula is C51H39NO. The Labute approximate surface area is 311 Å². The number of hydrogen-bond donors (Lipinski definition) is 0. The molecule has 0 fully saturated rings. The van der Waals surface area contributed by atoms with Gasteiger partial charge in [0.05, 0.1) is 6.04 Å². The molecule has 1 aromatic heterocycles. The van der Waals surface area contributed by atoms with Gasteiger partial charge in [0.15, 0.2) is 0 Å². The van der Waals surface area contributed by atoms with E-state index in [1.807, 2.05) is 30.4 Å². The normalized spacial score (nSPS) is 22.6. The molecule has 53 heavy (non-hydrogen) atoms. The number of fused-ring (bicyclic) bond motifs is 5. The van der Waals surface area contributed by atoms with Gasteiger partial charge in [0, 0.05) is 45.1 Å². The maximum Gasteiger partial charge on any atom is 0.143 e. The summed E-state index contributed by atoms with van der Waals surface area (Å²) in [6.45, 7) is 0. The molecule has 0 saturated heterocycles. The molecule has 5 aromatic rings. The van der Waals surface area contributed by atoms with Gasteiger partial charge >= 0.3 is 0 Å². The number of allylic oxidation sites excluding steroid dienone is 17. The fourth-order valence-electron chi connectivity index (χ4n) is 8.86. The predicted octanol–water partition coefficient (Wildman–Crippen LogP) is 13.1. The van der Waals surface area contributed by atoms with Crippen molar-refractivity contribution in [1.29, 1.82) is 0 Å². The van der Waals surface area contributed by atoms with E-state index in [0.717, 1.165) is 68.4 Å². The minimum Gasteiger partial charge on any atom is -0.455 e. The Morgan fingerprint density at radius 2 is 1.49 bits per heavy atom. The van der Waals surface area contributed by atoms with Gasteiger partial charge in [-0.15, -0.1) is 5.73 Å². The molecule has 4 aromatic carbocycles. The third-order valence-electron chi connectivity index (χ3n) is 11.4. The highest BCUT2D eigenvalue weighted by atomic mass is 16.3. The van der Waals surface area contributed by atoms with E-state index in [2.05, 4.69) is 168 Å². The van der Waals surface area contributed by atoms with Crippen LogP contribution < -0.4 is 4.90 Å². The highest BCUT2D eigenvalue weighted by Crippen LogP contribution is 2.50. The van der Waals surface area contributed by atoms with Crippen LogP contribution in [0.25, 0.3) is 33.1 Å². The number of hydrogen-bond acceptors (Lipinski definition) is 2. The Bertz CT molecular complexity index is 2600. The van der Waals surface area contributed by atoms with E-state index in [9.17, 15) is 0 Å². The average molecular weight is 682 g/mol. The molecule has 0 saturated carbocycles. The molecule has 0 radical (unpaired) electrons. The van der Waals surface area contributed by atoms with Crippen LogP contribution in [0.4, 0.5) is 11.4 Å². The number of benzene rings is 4. The van der Waals surface area contributed by atoms with Crippen LogP contribution in [-0.2, 0) is 0 Å². The van der Waals surface area contributed by atoms with Crippen molar-refractivity contribution in [3.05, 3.63) is 222 Å². The van der Waals surface area contributed by atoms with Gasteiger partial charge in [-0.2, -0.15) is 0 Å². The summed E-state index contributed by atoms with van der Waals surface area (Å²) in [5.41, 5.74) is 16.6. The lowest BCUT2D eigenvalue weighted by Gasteiger charge is -2.31. The van der Waals surface area contributed by atoms with Gasteiger partial charge in [0.2, 0.25) is 0 Å². The molecule has 254 valence electrons. The van der Waals surface area contributed by atoms with Crippen molar-refractivity contribution in [2.45, 2.75) is 24.8 Å². The van der Waals surface area contributed by atoms with Gasteiger partial charge < -0.3 is 9.32 Å². The number of nitrogens with zero attached hydrogens (tertiary/aromatic N) is 1. The monoisotopic (exact) mass is 681 g/mol. The summed E-state index contributed by atoms with van der Waals surface area (Å²) in [6.07, 6.45) is 37.7. The maximum atomic E-state index is 6.43. The van der Waals surface area contributed by atoms with Gasteiger partial charge in [0.25, 0.3) is 0 Å². The Morgan fingerprint density at radius 3 is 2.40 bits per heavy atom. The van der Waals surface area contributed by atoms with Crippen molar-refractivity contribution in [1.82, 2.24) is 0 Å². The largest absolute Gasteiger partial charge is 0.455 e. The number of rotatable bonds is 6. The number of furan rings is 1. The molecule has 5 aliphatic rings. The molecule has 10 rings (SSSR count). The second-order valence-electron chi connectivity index (χ2n) is 14.4. The average Bonchev–Trinajstić information content (AvgIpc) is 3.52. The first-order valence-corrected chi connectivity index (χ1v) is 18.8. The van der Waals surface area contributed by atoms with Crippen LogP contribution in [0.15, 0.2) is 210 Å². The lowest BCUT2D eigenvalue weighted by atomic mass is 9.82. The summed E-state index contributed by atoms with van der Waals surface area (Å²) < 4.78 is 6.43. The fraction of sp³-hybridized carbons (Fsp3) is 0.118. The summed E-state index contributed by atoms with van der Waals surface area (Å²) in [6, 6.07) is 33.0. The van der Waals surface area contributed by atoms with Crippen molar-refractivity contribution in [3.63, 3.8) is 0 Å². The molecule has 4 atom stereocenters. The van der Waals surface area contributed by atoms with Crippen LogP contribution in [0.3, 0.4) is 0 Å². The minimum atomic E-state index is -0.0140. The van der Waals surface area contributed by atoms with Gasteiger partial charge in [-0.25, -0.2) is 0 Å². The SMILES string of the molecule is C1=CC=CC=CC=1c1ccc(N(c2ccc(C3CC=CC4=C3CC3C=CC=CC43)cc2)C2C=CC=C(c3cccc4c3oc3ccccc34)C=C2)cc1. The molecule has 5 aliphatic carbocycles. The van der Waals surface area contributed by atoms with Crippen LogP contribution in [-0.4, -0.2) is 6.04 Å². The third kappa shape index (κ3) is 5.69. The first-order chi connectivity index (χ1) is 26.3. The zero-order valence-corrected chi connectivity index (χ0v) is 29.5. The van der Waals surface area contributed by atoms with Crippen molar-refractivity contribution in [2.75, 3.05) is 4.90 Å². The van der Waals surface area contributed by atoms with E-state index >= 15 is 0 Å². The van der Waals surface area contributed by atoms with Crippen molar-refractivity contribution >= 4 is 44.5 Å². The molecule has 2 nitrogen and oxygen atoms in total. The molecule has 1 heterocycles. The van der Waals surface area contributed by atoms with Gasteiger partial charge in [-0.05, 0) is 83.5 Å². The topological polar surface area (TPSA) is 16.4 Å². The second-order valence-corrected chi connectivity index (χ2v) is 14.4. The quantitative estimate of drug-likeness (QED) is 0.166. The molecule has 2 heteroatoms. The van der Waals surface area contributed by atoms with E-state index in [-0.39, 0.29) is 6.04 Å². The molecule has 0 amide bonds. The summed E-state index contributed by atoms with van der Waals surface area (Å²) in [4.78, 5) is 2.44. The molecule has 4 unspecified atom stereocenters. The Hall–Kier alpha value is -6.34. The van der Waals surface area contributed by atoms with Crippen LogP contribution in [0.1, 0.15) is 35.4 Å². The van der Waals surface area contributed by atoms with E-state index in [0.29, 0.717) is 17.8 Å². The maximum absolute atomic E-state index is 6.43. The summed E-state index contributed by atoms with van der Waals surface area (Å²) in [5, 5.41) is 2.29. The fourth-order valence-corrected chi connectivity index (χ4v) is 8.86. The Morgan fingerprint density at radius 1 is 0.660 bits per heavy atom. The van der Waals surface area contributed by atoms with E-state index in [1.165, 1.54) is 11.1 Å². The van der Waals surface area contributed by atoms with Gasteiger partial charge in [-0.1, -0.05) is 151 Å². The molecule has 0 spiro atoms. The molecule has 0 aliphatic heterocycles. The lowest BCUT2D eigenvalue weighted by molar-refractivity contribution is 0.575. The molecule has 0 bridgehead atoms. The second kappa shape index (κ2) is 13.3. The highest BCUT2D eigenvalue weighted by Gasteiger charge is 2.36. The van der Waals surface area contributed by atoms with E-state index < -0.39 is 0 Å². The first-order valence-electron chi connectivity index (χ1n) is 18.8. The van der Waals surface area contributed by atoms with Crippen LogP contribution in [0, 0.1) is 11.8 Å². The smallest absolute Gasteiger partial charge is 0.143 e. The van der Waals surface area contributed by atoms with Crippen molar-refractivity contribution in [2.24, 2.45) is 11.8 Å². The zero-order chi connectivity index (χ0) is 35.1. The zero-order valence-electron chi connectivity index (χ0n) is 29.5. The van der Waals surface area contributed by atoms with Crippen molar-refractivity contribution < 1.29 is 4.42 Å². The Kier molecular flexibility index (Phi) is 7.90. The number of para-hydroxylation sites is 2. The third-order valence-corrected chi connectivity index (χ3v) is 11.4. The minimum absolute atomic E-state index is 0.0140. The number of anilines is 2. The lowest BCUT2D eigenvalue weighted by Crippen LogP contribution is -2.27. The highest BCUT2D eigenvalue weighted by molar-refractivity contribution is 6.08. The summed E-state index contributed by atoms with van der Waals surface area (Å²) in [7, 11) is 0. The molecular weight excluding hydrogens is 643 g/mol. The summed E-state index contributed by atoms with van der Waals surface area (Å²) in [5.74, 6) is 1.54. The van der Waals surface area contributed by atoms with Crippen LogP contribution in [0.2, 0.25) is 0 Å². The Balaban J connectivity index is 1.00. The predicted molar refractivity (Wildman–Crippen MR) is 222 cm³/mol. The summed E-state index contributed by atoms with van der Waals surface area (Å²) >= 11 is 0. The first kappa shape index (κ1) is 31.4.